The Kier molecular flexibility index (Phi) is 5.24. The molecule has 3 heterocycles. The highest BCUT2D eigenvalue weighted by molar-refractivity contribution is 7.15. The summed E-state index contributed by atoms with van der Waals surface area (Å²) < 4.78 is 5.44. The lowest BCUT2D eigenvalue weighted by Crippen LogP contribution is -2.20. The molecule has 2 atom stereocenters. The lowest BCUT2D eigenvalue weighted by molar-refractivity contribution is 0.140. The van der Waals surface area contributed by atoms with Gasteiger partial charge in [-0.15, -0.1) is 11.3 Å². The number of likely N-dealkylation sites (tertiary alicyclic amines) is 1. The first-order valence-corrected chi connectivity index (χ1v) is 9.93. The van der Waals surface area contributed by atoms with Gasteiger partial charge in [0.05, 0.1) is 24.5 Å². The molecule has 1 aliphatic heterocycles. The zero-order valence-electron chi connectivity index (χ0n) is 15.6. The topological polar surface area (TPSA) is 74.3 Å². The molecule has 6 nitrogen and oxygen atoms in total. The van der Waals surface area contributed by atoms with Gasteiger partial charge in [0.15, 0.2) is 0 Å². The van der Waals surface area contributed by atoms with Crippen LogP contribution in [-0.2, 0) is 13.0 Å². The monoisotopic (exact) mass is 384 g/mol. The van der Waals surface area contributed by atoms with Crippen molar-refractivity contribution >= 4 is 11.3 Å². The maximum Gasteiger partial charge on any atom is 0.129 e. The number of H-pyrrole nitrogens is 1. The Morgan fingerprint density at radius 1 is 1.33 bits per heavy atom. The molecule has 0 spiro atoms. The lowest BCUT2D eigenvalue weighted by Gasteiger charge is -2.13. The summed E-state index contributed by atoms with van der Waals surface area (Å²) in [4.78, 5) is 8.07. The third kappa shape index (κ3) is 4.05. The van der Waals surface area contributed by atoms with Gasteiger partial charge in [0.1, 0.15) is 10.8 Å². The number of rotatable bonds is 6. The molecule has 0 bridgehead atoms. The number of ether oxygens (including phenoxy) is 1. The number of β-amino-alcohol motifs (C(OH)–C–C–N with tert-alkyl or cyclic N) is 1. The molecule has 0 unspecified atom stereocenters. The third-order valence-corrected chi connectivity index (χ3v) is 6.00. The third-order valence-electron chi connectivity index (χ3n) is 4.98. The van der Waals surface area contributed by atoms with Crippen LogP contribution >= 0.6 is 11.3 Å². The summed E-state index contributed by atoms with van der Waals surface area (Å²) in [5.74, 6) is 1.05. The molecule has 0 saturated carbocycles. The van der Waals surface area contributed by atoms with Crippen LogP contribution in [0.4, 0.5) is 0 Å². The minimum Gasteiger partial charge on any atom is -0.496 e. The number of aliphatic hydroxyl groups is 1. The molecule has 0 aliphatic carbocycles. The van der Waals surface area contributed by atoms with Gasteiger partial charge in [0, 0.05) is 42.3 Å². The molecule has 142 valence electrons. The Labute approximate surface area is 162 Å². The molecule has 2 aromatic heterocycles. The number of hydrogen-bond donors (Lipinski definition) is 2. The molecule has 1 aliphatic rings. The SMILES string of the molecule is COc1ccccc1-c1ncc(CN2C[C@@H](Cc3cc(C)[nH]n3)[C@H](O)C2)s1. The molecule has 1 aromatic carbocycles. The summed E-state index contributed by atoms with van der Waals surface area (Å²) in [6.07, 6.45) is 2.42. The Balaban J connectivity index is 1.41. The fourth-order valence-electron chi connectivity index (χ4n) is 3.67. The molecule has 7 heteroatoms. The van der Waals surface area contributed by atoms with Gasteiger partial charge in [-0.05, 0) is 31.5 Å². The van der Waals surface area contributed by atoms with Crippen LogP contribution in [0.5, 0.6) is 5.75 Å². The second-order valence-electron chi connectivity index (χ2n) is 7.10. The number of aromatic nitrogens is 3. The van der Waals surface area contributed by atoms with Gasteiger partial charge in [-0.2, -0.15) is 5.10 Å². The fraction of sp³-hybridized carbons (Fsp3) is 0.400. The van der Waals surface area contributed by atoms with E-state index in [4.69, 9.17) is 4.74 Å². The first-order chi connectivity index (χ1) is 13.1. The van der Waals surface area contributed by atoms with E-state index in [1.54, 1.807) is 18.4 Å². The van der Waals surface area contributed by atoms with Gasteiger partial charge >= 0.3 is 0 Å². The molecule has 3 aromatic rings. The van der Waals surface area contributed by atoms with E-state index in [0.717, 1.165) is 47.2 Å². The van der Waals surface area contributed by atoms with E-state index in [2.05, 4.69) is 26.1 Å². The predicted octanol–water partition coefficient (Wildman–Crippen LogP) is 2.89. The molecule has 4 rings (SSSR count). The second-order valence-corrected chi connectivity index (χ2v) is 8.22. The molecule has 1 saturated heterocycles. The number of benzene rings is 1. The van der Waals surface area contributed by atoms with Gasteiger partial charge in [-0.3, -0.25) is 10.00 Å². The number of aliphatic hydroxyl groups excluding tert-OH is 1. The maximum atomic E-state index is 10.4. The average molecular weight is 385 g/mol. The van der Waals surface area contributed by atoms with Crippen LogP contribution in [0.15, 0.2) is 36.5 Å². The standard InChI is InChI=1S/C20H24N4O2S/c1-13-7-15(23-22-13)8-14-10-24(12-18(14)25)11-16-9-21-20(27-16)17-5-3-4-6-19(17)26-2/h3-7,9,14,18,25H,8,10-12H2,1-2H3,(H,22,23)/t14-,18-/m1/s1. The predicted molar refractivity (Wildman–Crippen MR) is 106 cm³/mol. The highest BCUT2D eigenvalue weighted by Gasteiger charge is 2.32. The molecule has 0 amide bonds. The average Bonchev–Trinajstić information content (AvgIpc) is 3.37. The van der Waals surface area contributed by atoms with Crippen molar-refractivity contribution in [3.05, 3.63) is 52.8 Å². The van der Waals surface area contributed by atoms with Crippen molar-refractivity contribution in [1.29, 1.82) is 0 Å². The van der Waals surface area contributed by atoms with E-state index in [0.29, 0.717) is 6.54 Å². The molecular weight excluding hydrogens is 360 g/mol. The number of nitrogens with zero attached hydrogens (tertiary/aromatic N) is 3. The van der Waals surface area contributed by atoms with E-state index in [1.165, 1.54) is 4.88 Å². The van der Waals surface area contributed by atoms with Crippen LogP contribution in [0, 0.1) is 12.8 Å². The van der Waals surface area contributed by atoms with Crippen molar-refractivity contribution in [3.8, 4) is 16.3 Å². The smallest absolute Gasteiger partial charge is 0.129 e. The highest BCUT2D eigenvalue weighted by atomic mass is 32.1. The van der Waals surface area contributed by atoms with E-state index in [-0.39, 0.29) is 12.0 Å². The minimum atomic E-state index is -0.316. The normalized spacial score (nSPS) is 20.3. The number of para-hydroxylation sites is 1. The molecule has 1 fully saturated rings. The van der Waals surface area contributed by atoms with Gasteiger partial charge in [-0.1, -0.05) is 12.1 Å². The quantitative estimate of drug-likeness (QED) is 0.684. The van der Waals surface area contributed by atoms with Gasteiger partial charge in [-0.25, -0.2) is 4.98 Å². The van der Waals surface area contributed by atoms with Crippen molar-refractivity contribution in [1.82, 2.24) is 20.1 Å². The van der Waals surface area contributed by atoms with Crippen molar-refractivity contribution in [2.24, 2.45) is 5.92 Å². The van der Waals surface area contributed by atoms with Crippen LogP contribution in [0.1, 0.15) is 16.3 Å². The minimum absolute atomic E-state index is 0.217. The largest absolute Gasteiger partial charge is 0.496 e. The number of aryl methyl sites for hydroxylation is 1. The summed E-state index contributed by atoms with van der Waals surface area (Å²) in [5.41, 5.74) is 3.10. The van der Waals surface area contributed by atoms with Gasteiger partial charge in [0.2, 0.25) is 0 Å². The van der Waals surface area contributed by atoms with E-state index < -0.39 is 0 Å². The molecule has 27 heavy (non-hydrogen) atoms. The van der Waals surface area contributed by atoms with Crippen molar-refractivity contribution < 1.29 is 9.84 Å². The number of methoxy groups -OCH3 is 1. The summed E-state index contributed by atoms with van der Waals surface area (Å²) in [6, 6.07) is 10.00. The number of hydrogen-bond acceptors (Lipinski definition) is 6. The van der Waals surface area contributed by atoms with Crippen LogP contribution in [0.2, 0.25) is 0 Å². The van der Waals surface area contributed by atoms with Crippen molar-refractivity contribution in [2.45, 2.75) is 26.0 Å². The Bertz CT molecular complexity index is 907. The van der Waals surface area contributed by atoms with Gasteiger partial charge < -0.3 is 9.84 Å². The van der Waals surface area contributed by atoms with Crippen LogP contribution < -0.4 is 4.74 Å². The van der Waals surface area contributed by atoms with E-state index in [1.807, 2.05) is 37.4 Å². The first kappa shape index (κ1) is 18.2. The fourth-order valence-corrected chi connectivity index (χ4v) is 4.65. The Hall–Kier alpha value is -2.22. The van der Waals surface area contributed by atoms with Gasteiger partial charge in [0.25, 0.3) is 0 Å². The number of thiazole rings is 1. The summed E-state index contributed by atoms with van der Waals surface area (Å²) >= 11 is 1.68. The van der Waals surface area contributed by atoms with Crippen molar-refractivity contribution in [2.75, 3.05) is 20.2 Å². The van der Waals surface area contributed by atoms with Crippen LogP contribution in [-0.4, -0.2) is 51.5 Å². The maximum absolute atomic E-state index is 10.4. The summed E-state index contributed by atoms with van der Waals surface area (Å²) in [6.45, 7) is 4.36. The molecular formula is C20H24N4O2S. The first-order valence-electron chi connectivity index (χ1n) is 9.12. The van der Waals surface area contributed by atoms with E-state index >= 15 is 0 Å². The zero-order valence-corrected chi connectivity index (χ0v) is 16.4. The Morgan fingerprint density at radius 3 is 2.96 bits per heavy atom. The Morgan fingerprint density at radius 2 is 2.19 bits per heavy atom. The number of aromatic amines is 1. The number of nitrogens with one attached hydrogen (secondary N) is 1. The van der Waals surface area contributed by atoms with Crippen LogP contribution in [0.3, 0.4) is 0 Å². The summed E-state index contributed by atoms with van der Waals surface area (Å²) in [5, 5.41) is 18.7. The molecule has 0 radical (unpaired) electrons. The summed E-state index contributed by atoms with van der Waals surface area (Å²) in [7, 11) is 1.68. The second kappa shape index (κ2) is 7.80. The van der Waals surface area contributed by atoms with Crippen molar-refractivity contribution in [3.63, 3.8) is 0 Å². The van der Waals surface area contributed by atoms with E-state index in [9.17, 15) is 5.11 Å². The van der Waals surface area contributed by atoms with Crippen LogP contribution in [0.25, 0.3) is 10.6 Å². The lowest BCUT2D eigenvalue weighted by atomic mass is 10.0. The molecule has 2 N–H and O–H groups in total. The highest BCUT2D eigenvalue weighted by Crippen LogP contribution is 2.33. The zero-order chi connectivity index (χ0) is 18.8.